The van der Waals surface area contributed by atoms with Gasteiger partial charge in [0.1, 0.15) is 0 Å². The fraction of sp³-hybridized carbons (Fsp3) is 0.286. The summed E-state index contributed by atoms with van der Waals surface area (Å²) in [5.41, 5.74) is -0.0116. The monoisotopic (exact) mass is 244 g/mol. The molecule has 0 bridgehead atoms. The third kappa shape index (κ3) is 2.14. The second kappa shape index (κ2) is 5.04. The first kappa shape index (κ1) is 12.4. The van der Waals surface area contributed by atoms with Crippen LogP contribution in [0.1, 0.15) is 18.9 Å². The molecule has 0 saturated heterocycles. The van der Waals surface area contributed by atoms with Crippen molar-refractivity contribution in [3.8, 4) is 0 Å². The number of aliphatic carboxylic acids is 1. The molecule has 1 unspecified atom stereocenters. The summed E-state index contributed by atoms with van der Waals surface area (Å²) in [4.78, 5) is 11.7. The molecule has 0 spiro atoms. The van der Waals surface area contributed by atoms with E-state index in [0.717, 1.165) is 5.56 Å². The first-order valence-electron chi connectivity index (χ1n) is 5.96. The lowest BCUT2D eigenvalue weighted by Gasteiger charge is -2.28. The van der Waals surface area contributed by atoms with Crippen molar-refractivity contribution < 1.29 is 9.90 Å². The average molecular weight is 244 g/mol. The number of aromatic nitrogens is 2. The summed E-state index contributed by atoms with van der Waals surface area (Å²) < 4.78 is 1.54. The standard InChI is InChI=1S/C14H16N2O2/c1-2-14(13(17)18,16-10-6-9-15-16)11-12-7-4-3-5-8-12/h3-10H,2,11H2,1H3,(H,17,18). The molecule has 0 saturated carbocycles. The van der Waals surface area contributed by atoms with Gasteiger partial charge in [0.15, 0.2) is 5.54 Å². The third-order valence-corrected chi connectivity index (χ3v) is 3.27. The van der Waals surface area contributed by atoms with Crippen molar-refractivity contribution in [2.24, 2.45) is 0 Å². The average Bonchev–Trinajstić information content (AvgIpc) is 2.91. The maximum Gasteiger partial charge on any atom is 0.331 e. The minimum atomic E-state index is -1.01. The van der Waals surface area contributed by atoms with Crippen molar-refractivity contribution in [2.45, 2.75) is 25.3 Å². The van der Waals surface area contributed by atoms with Crippen molar-refractivity contribution in [2.75, 3.05) is 0 Å². The highest BCUT2D eigenvalue weighted by Crippen LogP contribution is 2.25. The molecule has 4 heteroatoms. The Morgan fingerprint density at radius 1 is 1.33 bits per heavy atom. The Morgan fingerprint density at radius 2 is 2.06 bits per heavy atom. The Labute approximate surface area is 106 Å². The number of carboxylic acid groups (broad SMARTS) is 1. The van der Waals surface area contributed by atoms with E-state index >= 15 is 0 Å². The number of nitrogens with zero attached hydrogens (tertiary/aromatic N) is 2. The van der Waals surface area contributed by atoms with Crippen LogP contribution in [0.15, 0.2) is 48.8 Å². The summed E-state index contributed by atoms with van der Waals surface area (Å²) >= 11 is 0. The molecule has 1 atom stereocenters. The minimum absolute atomic E-state index is 0.432. The molecule has 0 amide bonds. The number of benzene rings is 1. The number of hydrogen-bond donors (Lipinski definition) is 1. The molecule has 0 aliphatic heterocycles. The van der Waals surface area contributed by atoms with Gasteiger partial charge in [-0.25, -0.2) is 4.79 Å². The molecule has 0 fully saturated rings. The molecule has 1 aromatic carbocycles. The molecule has 4 nitrogen and oxygen atoms in total. The van der Waals surface area contributed by atoms with Gasteiger partial charge in [-0.15, -0.1) is 0 Å². The van der Waals surface area contributed by atoms with Crippen LogP contribution in [0.5, 0.6) is 0 Å². The maximum atomic E-state index is 11.7. The zero-order valence-electron chi connectivity index (χ0n) is 10.3. The lowest BCUT2D eigenvalue weighted by atomic mass is 9.88. The minimum Gasteiger partial charge on any atom is -0.479 e. The van der Waals surface area contributed by atoms with Crippen molar-refractivity contribution in [1.82, 2.24) is 9.78 Å². The quantitative estimate of drug-likeness (QED) is 0.878. The van der Waals surface area contributed by atoms with Gasteiger partial charge >= 0.3 is 5.97 Å². The fourth-order valence-corrected chi connectivity index (χ4v) is 2.15. The molecular formula is C14H16N2O2. The maximum absolute atomic E-state index is 11.7. The second-order valence-corrected chi connectivity index (χ2v) is 4.30. The van der Waals surface area contributed by atoms with Crippen LogP contribution in [0.2, 0.25) is 0 Å². The van der Waals surface area contributed by atoms with Crippen LogP contribution in [0.25, 0.3) is 0 Å². The van der Waals surface area contributed by atoms with E-state index in [0.29, 0.717) is 12.8 Å². The highest BCUT2D eigenvalue weighted by molar-refractivity contribution is 5.77. The van der Waals surface area contributed by atoms with Crippen molar-refractivity contribution in [1.29, 1.82) is 0 Å². The predicted octanol–water partition coefficient (Wildman–Crippen LogP) is 2.32. The van der Waals surface area contributed by atoms with Crippen LogP contribution in [-0.2, 0) is 16.8 Å². The molecular weight excluding hydrogens is 228 g/mol. The number of carbonyl (C=O) groups is 1. The number of carboxylic acids is 1. The summed E-state index contributed by atoms with van der Waals surface area (Å²) in [5, 5.41) is 13.7. The van der Waals surface area contributed by atoms with Crippen LogP contribution in [0.4, 0.5) is 0 Å². The van der Waals surface area contributed by atoms with E-state index in [4.69, 9.17) is 0 Å². The molecule has 1 heterocycles. The van der Waals surface area contributed by atoms with Crippen LogP contribution < -0.4 is 0 Å². The first-order valence-corrected chi connectivity index (χ1v) is 5.96. The van der Waals surface area contributed by atoms with Gasteiger partial charge in [-0.05, 0) is 18.1 Å². The second-order valence-electron chi connectivity index (χ2n) is 4.30. The van der Waals surface area contributed by atoms with E-state index in [9.17, 15) is 9.90 Å². The smallest absolute Gasteiger partial charge is 0.331 e. The Kier molecular flexibility index (Phi) is 3.46. The van der Waals surface area contributed by atoms with Gasteiger partial charge in [0.05, 0.1) is 0 Å². The van der Waals surface area contributed by atoms with Gasteiger partial charge in [-0.3, -0.25) is 4.68 Å². The van der Waals surface area contributed by atoms with Crippen molar-refractivity contribution >= 4 is 5.97 Å². The summed E-state index contributed by atoms with van der Waals surface area (Å²) in [5.74, 6) is -0.849. The number of rotatable bonds is 5. The van der Waals surface area contributed by atoms with Gasteiger partial charge in [0, 0.05) is 18.8 Å². The summed E-state index contributed by atoms with van der Waals surface area (Å²) in [6.07, 6.45) is 4.24. The lowest BCUT2D eigenvalue weighted by Crippen LogP contribution is -2.43. The van der Waals surface area contributed by atoms with E-state index in [1.165, 1.54) is 0 Å². The van der Waals surface area contributed by atoms with Gasteiger partial charge < -0.3 is 5.11 Å². The highest BCUT2D eigenvalue weighted by Gasteiger charge is 2.39. The normalized spacial score (nSPS) is 14.1. The highest BCUT2D eigenvalue weighted by atomic mass is 16.4. The fourth-order valence-electron chi connectivity index (χ4n) is 2.15. The SMILES string of the molecule is CCC(Cc1ccccc1)(C(=O)O)n1cccn1. The van der Waals surface area contributed by atoms with Gasteiger partial charge in [0.25, 0.3) is 0 Å². The van der Waals surface area contributed by atoms with Crippen molar-refractivity contribution in [3.63, 3.8) is 0 Å². The molecule has 2 rings (SSSR count). The van der Waals surface area contributed by atoms with E-state index in [1.807, 2.05) is 37.3 Å². The van der Waals surface area contributed by atoms with Gasteiger partial charge in [-0.2, -0.15) is 5.10 Å². The van der Waals surface area contributed by atoms with Crippen LogP contribution in [0, 0.1) is 0 Å². The molecule has 18 heavy (non-hydrogen) atoms. The van der Waals surface area contributed by atoms with Gasteiger partial charge in [0.2, 0.25) is 0 Å². The zero-order chi connectivity index (χ0) is 13.0. The van der Waals surface area contributed by atoms with Crippen molar-refractivity contribution in [3.05, 3.63) is 54.4 Å². The summed E-state index contributed by atoms with van der Waals surface area (Å²) in [6, 6.07) is 11.4. The van der Waals surface area contributed by atoms with E-state index in [2.05, 4.69) is 5.10 Å². The lowest BCUT2D eigenvalue weighted by molar-refractivity contribution is -0.148. The predicted molar refractivity (Wildman–Crippen MR) is 68.3 cm³/mol. The van der Waals surface area contributed by atoms with E-state index in [1.54, 1.807) is 23.1 Å². The molecule has 0 aliphatic carbocycles. The Balaban J connectivity index is 2.40. The van der Waals surface area contributed by atoms with E-state index < -0.39 is 11.5 Å². The zero-order valence-corrected chi connectivity index (χ0v) is 10.3. The molecule has 0 aliphatic rings. The molecule has 0 radical (unpaired) electrons. The summed E-state index contributed by atoms with van der Waals surface area (Å²) in [6.45, 7) is 1.87. The number of hydrogen-bond acceptors (Lipinski definition) is 2. The molecule has 2 aromatic rings. The Bertz CT molecular complexity index is 508. The third-order valence-electron chi connectivity index (χ3n) is 3.27. The van der Waals surface area contributed by atoms with Crippen LogP contribution in [-0.4, -0.2) is 20.9 Å². The Morgan fingerprint density at radius 3 is 2.56 bits per heavy atom. The van der Waals surface area contributed by atoms with Gasteiger partial charge in [-0.1, -0.05) is 37.3 Å². The first-order chi connectivity index (χ1) is 8.69. The topological polar surface area (TPSA) is 55.1 Å². The van der Waals surface area contributed by atoms with Crippen LogP contribution in [0.3, 0.4) is 0 Å². The van der Waals surface area contributed by atoms with E-state index in [-0.39, 0.29) is 0 Å². The summed E-state index contributed by atoms with van der Waals surface area (Å²) in [7, 11) is 0. The molecule has 94 valence electrons. The Hall–Kier alpha value is -2.10. The largest absolute Gasteiger partial charge is 0.479 e. The molecule has 1 aromatic heterocycles. The molecule has 1 N–H and O–H groups in total. The van der Waals surface area contributed by atoms with Crippen LogP contribution >= 0.6 is 0 Å².